The molecule has 6 nitrogen and oxygen atoms in total. The number of hydrogen-bond donors (Lipinski definition) is 2. The number of ether oxygens (including phenoxy) is 1. The lowest BCUT2D eigenvalue weighted by Gasteiger charge is -2.34. The number of carbonyl (C=O) groups is 2. The number of aliphatic hydroxyl groups is 1. The molecule has 0 spiro atoms. The number of aliphatic hydroxyl groups excluding tert-OH is 1. The standard InChI is InChI=1S/C11H20N2O4/c1-2-17-10(15)7-12-11(16)13-6-4-3-5-9(13)8-14/h9,14H,2-8H2,1H3,(H,12,16). The summed E-state index contributed by atoms with van der Waals surface area (Å²) < 4.78 is 4.71. The minimum absolute atomic E-state index is 0.0349. The van der Waals surface area contributed by atoms with E-state index in [1.165, 1.54) is 0 Å². The molecule has 1 atom stereocenters. The van der Waals surface area contributed by atoms with Crippen LogP contribution in [-0.4, -0.2) is 54.4 Å². The van der Waals surface area contributed by atoms with Gasteiger partial charge in [0.1, 0.15) is 6.54 Å². The smallest absolute Gasteiger partial charge is 0.325 e. The van der Waals surface area contributed by atoms with Crippen LogP contribution in [0.5, 0.6) is 0 Å². The summed E-state index contributed by atoms with van der Waals surface area (Å²) in [6.45, 7) is 2.48. The van der Waals surface area contributed by atoms with Crippen LogP contribution in [0.1, 0.15) is 26.2 Å². The average molecular weight is 244 g/mol. The number of urea groups is 1. The highest BCUT2D eigenvalue weighted by atomic mass is 16.5. The first kappa shape index (κ1) is 13.8. The third-order valence-electron chi connectivity index (χ3n) is 2.79. The van der Waals surface area contributed by atoms with E-state index in [0.29, 0.717) is 13.2 Å². The number of piperidine rings is 1. The summed E-state index contributed by atoms with van der Waals surface area (Å²) in [5.41, 5.74) is 0. The predicted molar refractivity (Wildman–Crippen MR) is 61.5 cm³/mol. The molecule has 2 amide bonds. The number of nitrogens with zero attached hydrogens (tertiary/aromatic N) is 1. The molecule has 0 radical (unpaired) electrons. The second kappa shape index (κ2) is 7.11. The molecular formula is C11H20N2O4. The van der Waals surface area contributed by atoms with Gasteiger partial charge < -0.3 is 20.1 Å². The number of esters is 1. The largest absolute Gasteiger partial charge is 0.465 e. The molecule has 17 heavy (non-hydrogen) atoms. The first-order valence-electron chi connectivity index (χ1n) is 6.00. The topological polar surface area (TPSA) is 78.9 Å². The van der Waals surface area contributed by atoms with Gasteiger partial charge in [-0.2, -0.15) is 0 Å². The number of hydrogen-bond acceptors (Lipinski definition) is 4. The fourth-order valence-corrected chi connectivity index (χ4v) is 1.92. The summed E-state index contributed by atoms with van der Waals surface area (Å²) in [6, 6.07) is -0.442. The van der Waals surface area contributed by atoms with Crippen LogP contribution in [0.2, 0.25) is 0 Å². The molecule has 1 saturated heterocycles. The quantitative estimate of drug-likeness (QED) is 0.688. The van der Waals surface area contributed by atoms with E-state index in [1.54, 1.807) is 11.8 Å². The lowest BCUT2D eigenvalue weighted by Crippen LogP contribution is -2.51. The summed E-state index contributed by atoms with van der Waals surface area (Å²) in [6.07, 6.45) is 2.76. The van der Waals surface area contributed by atoms with Crippen molar-refractivity contribution in [2.45, 2.75) is 32.2 Å². The Bertz CT molecular complexity index is 270. The van der Waals surface area contributed by atoms with Gasteiger partial charge in [0.15, 0.2) is 0 Å². The predicted octanol–water partition coefficient (Wildman–Crippen LogP) is 0.106. The molecule has 2 N–H and O–H groups in total. The van der Waals surface area contributed by atoms with Gasteiger partial charge in [0.2, 0.25) is 0 Å². The fourth-order valence-electron chi connectivity index (χ4n) is 1.92. The van der Waals surface area contributed by atoms with Gasteiger partial charge in [-0.3, -0.25) is 4.79 Å². The molecule has 1 fully saturated rings. The molecule has 1 rings (SSSR count). The maximum Gasteiger partial charge on any atom is 0.325 e. The van der Waals surface area contributed by atoms with Crippen molar-refractivity contribution in [2.75, 3.05) is 26.3 Å². The van der Waals surface area contributed by atoms with E-state index in [-0.39, 0.29) is 25.2 Å². The van der Waals surface area contributed by atoms with Gasteiger partial charge in [-0.15, -0.1) is 0 Å². The van der Waals surface area contributed by atoms with Gasteiger partial charge in [-0.25, -0.2) is 4.79 Å². The van der Waals surface area contributed by atoms with Crippen molar-refractivity contribution >= 4 is 12.0 Å². The highest BCUT2D eigenvalue weighted by Gasteiger charge is 2.26. The van der Waals surface area contributed by atoms with E-state index in [9.17, 15) is 9.59 Å². The number of amides is 2. The molecular weight excluding hydrogens is 224 g/mol. The van der Waals surface area contributed by atoms with Gasteiger partial charge in [0.05, 0.1) is 19.3 Å². The van der Waals surface area contributed by atoms with E-state index in [4.69, 9.17) is 9.84 Å². The van der Waals surface area contributed by atoms with Crippen LogP contribution in [-0.2, 0) is 9.53 Å². The molecule has 0 aliphatic carbocycles. The van der Waals surface area contributed by atoms with E-state index in [0.717, 1.165) is 19.3 Å². The zero-order valence-corrected chi connectivity index (χ0v) is 10.1. The van der Waals surface area contributed by atoms with Gasteiger partial charge in [0, 0.05) is 6.54 Å². The summed E-state index contributed by atoms with van der Waals surface area (Å²) in [5.74, 6) is -0.446. The molecule has 6 heteroatoms. The van der Waals surface area contributed by atoms with Crippen LogP contribution < -0.4 is 5.32 Å². The molecule has 0 aromatic rings. The van der Waals surface area contributed by atoms with Crippen LogP contribution in [0.25, 0.3) is 0 Å². The lowest BCUT2D eigenvalue weighted by molar-refractivity contribution is -0.141. The third kappa shape index (κ3) is 4.22. The molecule has 0 saturated carbocycles. The molecule has 1 aliphatic rings. The van der Waals surface area contributed by atoms with Crippen molar-refractivity contribution in [3.8, 4) is 0 Å². The van der Waals surface area contributed by atoms with Crippen molar-refractivity contribution in [3.05, 3.63) is 0 Å². The molecule has 0 aromatic carbocycles. The van der Waals surface area contributed by atoms with Gasteiger partial charge >= 0.3 is 12.0 Å². The Balaban J connectivity index is 2.37. The molecule has 1 heterocycles. The van der Waals surface area contributed by atoms with Gasteiger partial charge in [-0.1, -0.05) is 0 Å². The second-order valence-electron chi connectivity index (χ2n) is 3.99. The zero-order chi connectivity index (χ0) is 12.7. The van der Waals surface area contributed by atoms with Crippen LogP contribution in [0.4, 0.5) is 4.79 Å². The van der Waals surface area contributed by atoms with Crippen molar-refractivity contribution < 1.29 is 19.4 Å². The number of likely N-dealkylation sites (tertiary alicyclic amines) is 1. The Hall–Kier alpha value is -1.30. The Morgan fingerprint density at radius 2 is 2.24 bits per heavy atom. The van der Waals surface area contributed by atoms with Crippen molar-refractivity contribution in [2.24, 2.45) is 0 Å². The van der Waals surface area contributed by atoms with E-state index in [1.807, 2.05) is 0 Å². The lowest BCUT2D eigenvalue weighted by atomic mass is 10.0. The first-order chi connectivity index (χ1) is 8.19. The number of rotatable bonds is 4. The molecule has 0 bridgehead atoms. The Morgan fingerprint density at radius 1 is 1.47 bits per heavy atom. The first-order valence-corrected chi connectivity index (χ1v) is 6.00. The summed E-state index contributed by atoms with van der Waals surface area (Å²) in [4.78, 5) is 24.4. The number of carbonyl (C=O) groups excluding carboxylic acids is 2. The Labute approximate surface area is 101 Å². The van der Waals surface area contributed by atoms with Crippen LogP contribution in [0.15, 0.2) is 0 Å². The number of nitrogens with one attached hydrogen (secondary N) is 1. The highest BCUT2D eigenvalue weighted by Crippen LogP contribution is 2.16. The van der Waals surface area contributed by atoms with E-state index in [2.05, 4.69) is 5.32 Å². The zero-order valence-electron chi connectivity index (χ0n) is 10.1. The summed E-state index contributed by atoms with van der Waals surface area (Å²) >= 11 is 0. The fraction of sp³-hybridized carbons (Fsp3) is 0.818. The highest BCUT2D eigenvalue weighted by molar-refractivity contribution is 5.81. The van der Waals surface area contributed by atoms with Crippen LogP contribution >= 0.6 is 0 Å². The molecule has 1 unspecified atom stereocenters. The van der Waals surface area contributed by atoms with Crippen LogP contribution in [0.3, 0.4) is 0 Å². The van der Waals surface area contributed by atoms with E-state index >= 15 is 0 Å². The van der Waals surface area contributed by atoms with E-state index < -0.39 is 5.97 Å². The molecule has 1 aliphatic heterocycles. The summed E-state index contributed by atoms with van der Waals surface area (Å²) in [7, 11) is 0. The van der Waals surface area contributed by atoms with Crippen molar-refractivity contribution in [1.82, 2.24) is 10.2 Å². The SMILES string of the molecule is CCOC(=O)CNC(=O)N1CCCCC1CO. The Morgan fingerprint density at radius 3 is 2.88 bits per heavy atom. The molecule has 98 valence electrons. The van der Waals surface area contributed by atoms with Gasteiger partial charge in [0.25, 0.3) is 0 Å². The maximum atomic E-state index is 11.8. The van der Waals surface area contributed by atoms with Crippen molar-refractivity contribution in [1.29, 1.82) is 0 Å². The minimum Gasteiger partial charge on any atom is -0.465 e. The third-order valence-corrected chi connectivity index (χ3v) is 2.79. The molecule has 0 aromatic heterocycles. The average Bonchev–Trinajstić information content (AvgIpc) is 2.36. The van der Waals surface area contributed by atoms with Gasteiger partial charge in [-0.05, 0) is 26.2 Å². The Kier molecular flexibility index (Phi) is 5.76. The van der Waals surface area contributed by atoms with Crippen molar-refractivity contribution in [3.63, 3.8) is 0 Å². The second-order valence-corrected chi connectivity index (χ2v) is 3.99. The normalized spacial score (nSPS) is 19.9. The maximum absolute atomic E-state index is 11.8. The van der Waals surface area contributed by atoms with Crippen LogP contribution in [0, 0.1) is 0 Å². The monoisotopic (exact) mass is 244 g/mol. The summed E-state index contributed by atoms with van der Waals surface area (Å²) in [5, 5.41) is 11.7. The minimum atomic E-state index is -0.446.